The van der Waals surface area contributed by atoms with Crippen LogP contribution in [0.2, 0.25) is 0 Å². The summed E-state index contributed by atoms with van der Waals surface area (Å²) in [5.41, 5.74) is 0.887. The number of aromatic nitrogens is 1. The predicted octanol–water partition coefficient (Wildman–Crippen LogP) is 4.88. The van der Waals surface area contributed by atoms with E-state index in [9.17, 15) is 9.59 Å². The molecule has 1 aliphatic heterocycles. The number of fused-ring (bicyclic) bond motifs is 3. The third-order valence-corrected chi connectivity index (χ3v) is 8.30. The number of nitrogens with one attached hydrogen (secondary N) is 1. The maximum absolute atomic E-state index is 13.8. The Hall–Kier alpha value is -1.86. The van der Waals surface area contributed by atoms with Gasteiger partial charge in [-0.25, -0.2) is 0 Å². The van der Waals surface area contributed by atoms with Crippen LogP contribution in [0.25, 0.3) is 10.2 Å². The molecule has 1 fully saturated rings. The highest BCUT2D eigenvalue weighted by molar-refractivity contribution is 7.17. The molecule has 2 aromatic rings. The largest absolute Gasteiger partial charge is 0.351 e. The Morgan fingerprint density at radius 2 is 1.85 bits per heavy atom. The van der Waals surface area contributed by atoms with Crippen LogP contribution in [0.15, 0.2) is 17.5 Å². The molecule has 6 nitrogen and oxygen atoms in total. The molecule has 4 rings (SSSR count). The normalized spacial score (nSPS) is 22.1. The SMILES string of the molecule is CCCN(CCC)CCN1C(=O)c2cc3sccc3n2C[C@]1(C)C(=O)NC1CCCCCC1. The van der Waals surface area contributed by atoms with E-state index in [1.165, 1.54) is 25.7 Å². The van der Waals surface area contributed by atoms with Gasteiger partial charge in [0, 0.05) is 19.1 Å². The van der Waals surface area contributed by atoms with Crippen LogP contribution in [-0.2, 0) is 11.3 Å². The number of rotatable bonds is 9. The first-order valence-electron chi connectivity index (χ1n) is 12.9. The van der Waals surface area contributed by atoms with E-state index in [1.54, 1.807) is 11.3 Å². The lowest BCUT2D eigenvalue weighted by Gasteiger charge is -2.45. The molecule has 0 unspecified atom stereocenters. The van der Waals surface area contributed by atoms with Crippen LogP contribution in [0.1, 0.15) is 82.6 Å². The van der Waals surface area contributed by atoms with Gasteiger partial charge in [0.05, 0.1) is 16.8 Å². The second-order valence-electron chi connectivity index (χ2n) is 10.0. The Morgan fingerprint density at radius 1 is 1.15 bits per heavy atom. The van der Waals surface area contributed by atoms with E-state index in [1.807, 2.05) is 17.9 Å². The molecule has 7 heteroatoms. The molecule has 0 radical (unpaired) electrons. The maximum Gasteiger partial charge on any atom is 0.271 e. The Labute approximate surface area is 202 Å². The smallest absolute Gasteiger partial charge is 0.271 e. The van der Waals surface area contributed by atoms with Crippen molar-refractivity contribution in [3.05, 3.63) is 23.2 Å². The Bertz CT molecular complexity index is 953. The number of thiophene rings is 1. The average Bonchev–Trinajstić information content (AvgIpc) is 3.28. The minimum Gasteiger partial charge on any atom is -0.351 e. The van der Waals surface area contributed by atoms with E-state index in [0.717, 1.165) is 55.5 Å². The summed E-state index contributed by atoms with van der Waals surface area (Å²) in [6, 6.07) is 4.30. The molecule has 3 heterocycles. The van der Waals surface area contributed by atoms with Gasteiger partial charge in [0.15, 0.2) is 0 Å². The van der Waals surface area contributed by atoms with Crippen molar-refractivity contribution in [3.63, 3.8) is 0 Å². The van der Waals surface area contributed by atoms with Crippen molar-refractivity contribution in [2.45, 2.75) is 90.3 Å². The standard InChI is InChI=1S/C26H40N4O2S/c1-4-13-28(14-5-2)15-16-30-24(31)22-18-23-21(12-17-33-23)29(22)19-26(30,3)25(32)27-20-10-8-6-7-9-11-20/h12,17-18,20H,4-11,13-16,19H2,1-3H3,(H,27,32)/t26-/m1/s1. The third kappa shape index (κ3) is 4.99. The molecule has 0 aromatic carbocycles. The molecule has 2 aliphatic rings. The van der Waals surface area contributed by atoms with Gasteiger partial charge in [0.25, 0.3) is 5.91 Å². The lowest BCUT2D eigenvalue weighted by atomic mass is 9.93. The summed E-state index contributed by atoms with van der Waals surface area (Å²) in [5.74, 6) is -0.0147. The van der Waals surface area contributed by atoms with Gasteiger partial charge in [-0.3, -0.25) is 9.59 Å². The van der Waals surface area contributed by atoms with Crippen LogP contribution < -0.4 is 5.32 Å². The summed E-state index contributed by atoms with van der Waals surface area (Å²) >= 11 is 1.65. The van der Waals surface area contributed by atoms with Gasteiger partial charge in [-0.05, 0) is 63.2 Å². The zero-order valence-corrected chi connectivity index (χ0v) is 21.4. The quantitative estimate of drug-likeness (QED) is 0.529. The van der Waals surface area contributed by atoms with Gasteiger partial charge in [-0.15, -0.1) is 11.3 Å². The van der Waals surface area contributed by atoms with E-state index >= 15 is 0 Å². The molecule has 1 aliphatic carbocycles. The summed E-state index contributed by atoms with van der Waals surface area (Å²) in [6.45, 7) is 10.3. The highest BCUT2D eigenvalue weighted by atomic mass is 32.1. The second-order valence-corrected chi connectivity index (χ2v) is 11.0. The number of amides is 2. The van der Waals surface area contributed by atoms with Crippen LogP contribution >= 0.6 is 11.3 Å². The average molecular weight is 473 g/mol. The van der Waals surface area contributed by atoms with E-state index in [0.29, 0.717) is 18.8 Å². The minimum absolute atomic E-state index is 0.00279. The first kappa shape index (κ1) is 24.3. The molecule has 1 atom stereocenters. The molecule has 33 heavy (non-hydrogen) atoms. The maximum atomic E-state index is 13.8. The Morgan fingerprint density at radius 3 is 2.52 bits per heavy atom. The number of nitrogens with zero attached hydrogens (tertiary/aromatic N) is 3. The van der Waals surface area contributed by atoms with Crippen molar-refractivity contribution < 1.29 is 9.59 Å². The summed E-state index contributed by atoms with van der Waals surface area (Å²) < 4.78 is 3.19. The molecule has 0 bridgehead atoms. The van der Waals surface area contributed by atoms with Gasteiger partial charge >= 0.3 is 0 Å². The highest BCUT2D eigenvalue weighted by Crippen LogP contribution is 2.34. The summed E-state index contributed by atoms with van der Waals surface area (Å²) in [4.78, 5) is 31.9. The second kappa shape index (κ2) is 10.6. The van der Waals surface area contributed by atoms with Crippen LogP contribution in [-0.4, -0.2) is 63.9 Å². The van der Waals surface area contributed by atoms with Crippen molar-refractivity contribution in [1.29, 1.82) is 0 Å². The van der Waals surface area contributed by atoms with Crippen molar-refractivity contribution in [2.24, 2.45) is 0 Å². The zero-order valence-electron chi connectivity index (χ0n) is 20.6. The zero-order chi connectivity index (χ0) is 23.4. The van der Waals surface area contributed by atoms with E-state index in [4.69, 9.17) is 0 Å². The van der Waals surface area contributed by atoms with Gasteiger partial charge in [-0.2, -0.15) is 0 Å². The lowest BCUT2D eigenvalue weighted by Crippen LogP contribution is -2.65. The summed E-state index contributed by atoms with van der Waals surface area (Å²) in [7, 11) is 0. The van der Waals surface area contributed by atoms with Crippen LogP contribution in [0.5, 0.6) is 0 Å². The molecule has 2 aromatic heterocycles. The fourth-order valence-corrected chi connectivity index (χ4v) is 6.42. The van der Waals surface area contributed by atoms with Crippen molar-refractivity contribution in [2.75, 3.05) is 26.2 Å². The van der Waals surface area contributed by atoms with Crippen LogP contribution in [0.3, 0.4) is 0 Å². The molecule has 0 spiro atoms. The predicted molar refractivity (Wildman–Crippen MR) is 136 cm³/mol. The number of carbonyl (C=O) groups is 2. The van der Waals surface area contributed by atoms with Gasteiger partial charge < -0.3 is 19.7 Å². The van der Waals surface area contributed by atoms with Crippen molar-refractivity contribution in [1.82, 2.24) is 19.7 Å². The Kier molecular flexibility index (Phi) is 7.80. The molecule has 1 N–H and O–H groups in total. The van der Waals surface area contributed by atoms with Gasteiger partial charge in [0.1, 0.15) is 11.2 Å². The van der Waals surface area contributed by atoms with Crippen molar-refractivity contribution in [3.8, 4) is 0 Å². The van der Waals surface area contributed by atoms with E-state index < -0.39 is 5.54 Å². The van der Waals surface area contributed by atoms with Crippen LogP contribution in [0.4, 0.5) is 0 Å². The monoisotopic (exact) mass is 472 g/mol. The van der Waals surface area contributed by atoms with E-state index in [2.05, 4.69) is 40.1 Å². The molecule has 182 valence electrons. The fourth-order valence-electron chi connectivity index (χ4n) is 5.60. The highest BCUT2D eigenvalue weighted by Gasteiger charge is 2.48. The van der Waals surface area contributed by atoms with E-state index in [-0.39, 0.29) is 17.9 Å². The third-order valence-electron chi connectivity index (χ3n) is 7.45. The number of carbonyl (C=O) groups excluding carboxylic acids is 2. The van der Waals surface area contributed by atoms with Crippen molar-refractivity contribution >= 4 is 33.4 Å². The first-order chi connectivity index (χ1) is 16.0. The Balaban J connectivity index is 1.62. The molecule has 0 saturated heterocycles. The number of hydrogen-bond acceptors (Lipinski definition) is 4. The van der Waals surface area contributed by atoms with Crippen LogP contribution in [0, 0.1) is 0 Å². The fraction of sp³-hybridized carbons (Fsp3) is 0.692. The van der Waals surface area contributed by atoms with Gasteiger partial charge in [0.2, 0.25) is 5.91 Å². The molecular weight excluding hydrogens is 432 g/mol. The first-order valence-corrected chi connectivity index (χ1v) is 13.8. The summed E-state index contributed by atoms with van der Waals surface area (Å²) in [6.07, 6.45) is 9.11. The summed E-state index contributed by atoms with van der Waals surface area (Å²) in [5, 5.41) is 5.43. The molecule has 1 saturated carbocycles. The topological polar surface area (TPSA) is 57.6 Å². The molecular formula is C26H40N4O2S. The number of hydrogen-bond donors (Lipinski definition) is 1. The molecule has 2 amide bonds. The lowest BCUT2D eigenvalue weighted by molar-refractivity contribution is -0.133. The van der Waals surface area contributed by atoms with Gasteiger partial charge in [-0.1, -0.05) is 39.5 Å². The minimum atomic E-state index is -0.894.